The summed E-state index contributed by atoms with van der Waals surface area (Å²) in [4.78, 5) is 11.5. The maximum absolute atomic E-state index is 13.4. The first kappa shape index (κ1) is 11.7. The maximum atomic E-state index is 13.4. The van der Waals surface area contributed by atoms with Crippen LogP contribution >= 0.6 is 15.9 Å². The average Bonchev–Trinajstić information content (AvgIpc) is 2.76. The predicted octanol–water partition coefficient (Wildman–Crippen LogP) is 2.70. The number of carbonyl (C=O) groups is 1. The van der Waals surface area contributed by atoms with Crippen LogP contribution in [0.15, 0.2) is 29.0 Å². The number of nitrogens with one attached hydrogen (secondary N) is 2. The monoisotopic (exact) mass is 301 g/mol. The molecule has 1 aromatic carbocycles. The van der Waals surface area contributed by atoms with E-state index >= 15 is 0 Å². The number of benzene rings is 1. The van der Waals surface area contributed by atoms with Gasteiger partial charge in [-0.15, -0.1) is 0 Å². The molecule has 0 saturated carbocycles. The van der Waals surface area contributed by atoms with Crippen molar-refractivity contribution >= 4 is 27.5 Å². The van der Waals surface area contributed by atoms with Crippen LogP contribution in [0.5, 0.6) is 0 Å². The summed E-state index contributed by atoms with van der Waals surface area (Å²) >= 11 is 2.94. The normalized spacial score (nSPS) is 10.3. The third kappa shape index (κ3) is 2.50. The lowest BCUT2D eigenvalue weighted by Gasteiger charge is -2.06. The van der Waals surface area contributed by atoms with Crippen molar-refractivity contribution in [2.24, 2.45) is 0 Å². The second-order valence-electron chi connectivity index (χ2n) is 3.19. The van der Waals surface area contributed by atoms with Crippen molar-refractivity contribution in [3.8, 4) is 0 Å². The lowest BCUT2D eigenvalue weighted by atomic mass is 10.2. The van der Waals surface area contributed by atoms with Crippen molar-refractivity contribution in [2.75, 3.05) is 5.32 Å². The van der Waals surface area contributed by atoms with Gasteiger partial charge in [-0.3, -0.25) is 9.89 Å². The van der Waals surface area contributed by atoms with Crippen LogP contribution in [0, 0.1) is 11.6 Å². The fourth-order valence-electron chi connectivity index (χ4n) is 1.22. The van der Waals surface area contributed by atoms with Gasteiger partial charge in [0.25, 0.3) is 5.91 Å². The van der Waals surface area contributed by atoms with Gasteiger partial charge < -0.3 is 5.32 Å². The highest BCUT2D eigenvalue weighted by molar-refractivity contribution is 9.10. The number of rotatable bonds is 2. The lowest BCUT2D eigenvalue weighted by Crippen LogP contribution is -2.13. The van der Waals surface area contributed by atoms with E-state index in [0.29, 0.717) is 0 Å². The van der Waals surface area contributed by atoms with Crippen molar-refractivity contribution in [1.29, 1.82) is 0 Å². The van der Waals surface area contributed by atoms with Gasteiger partial charge in [0.2, 0.25) is 0 Å². The van der Waals surface area contributed by atoms with Crippen LogP contribution in [-0.2, 0) is 0 Å². The van der Waals surface area contributed by atoms with E-state index in [2.05, 4.69) is 31.4 Å². The zero-order valence-corrected chi connectivity index (χ0v) is 9.88. The Balaban J connectivity index is 2.28. The topological polar surface area (TPSA) is 57.8 Å². The van der Waals surface area contributed by atoms with Crippen LogP contribution in [0.2, 0.25) is 0 Å². The largest absolute Gasteiger partial charge is 0.317 e. The summed E-state index contributed by atoms with van der Waals surface area (Å²) in [5, 5.41) is 8.13. The van der Waals surface area contributed by atoms with Crippen LogP contribution in [0.4, 0.5) is 14.5 Å². The van der Waals surface area contributed by atoms with Crippen LogP contribution in [0.1, 0.15) is 10.4 Å². The summed E-state index contributed by atoms with van der Waals surface area (Å²) in [6.45, 7) is 0. The van der Waals surface area contributed by atoms with E-state index in [0.717, 1.165) is 12.1 Å². The first-order valence-electron chi connectivity index (χ1n) is 4.52. The van der Waals surface area contributed by atoms with E-state index in [1.807, 2.05) is 0 Å². The van der Waals surface area contributed by atoms with E-state index < -0.39 is 23.2 Å². The molecule has 2 rings (SSSR count). The van der Waals surface area contributed by atoms with Crippen molar-refractivity contribution in [1.82, 2.24) is 10.2 Å². The molecule has 0 aliphatic rings. The fraction of sp³-hybridized carbons (Fsp3) is 0. The third-order valence-electron chi connectivity index (χ3n) is 2.01. The summed E-state index contributed by atoms with van der Waals surface area (Å²) < 4.78 is 27.1. The molecule has 4 nitrogen and oxygen atoms in total. The van der Waals surface area contributed by atoms with Crippen molar-refractivity contribution in [2.45, 2.75) is 0 Å². The molecule has 0 aliphatic carbocycles. The molecule has 0 saturated heterocycles. The highest BCUT2D eigenvalue weighted by Gasteiger charge is 2.15. The zero-order chi connectivity index (χ0) is 12.4. The number of aromatic nitrogens is 2. The summed E-state index contributed by atoms with van der Waals surface area (Å²) in [6, 6.07) is 2.13. The Labute approximate surface area is 103 Å². The van der Waals surface area contributed by atoms with Crippen molar-refractivity contribution < 1.29 is 13.6 Å². The Bertz CT molecular complexity index is 534. The maximum Gasteiger partial charge on any atom is 0.258 e. The molecule has 0 unspecified atom stereocenters. The number of halogens is 3. The molecule has 88 valence electrons. The molecule has 0 bridgehead atoms. The van der Waals surface area contributed by atoms with Gasteiger partial charge >= 0.3 is 0 Å². The van der Waals surface area contributed by atoms with E-state index in [1.165, 1.54) is 12.4 Å². The van der Waals surface area contributed by atoms with Gasteiger partial charge in [0.1, 0.15) is 5.69 Å². The van der Waals surface area contributed by atoms with Crippen LogP contribution < -0.4 is 5.32 Å². The summed E-state index contributed by atoms with van der Waals surface area (Å²) in [5.41, 5.74) is -0.300. The zero-order valence-electron chi connectivity index (χ0n) is 8.30. The minimum absolute atomic E-state index is 0.187. The van der Waals surface area contributed by atoms with Gasteiger partial charge in [-0.05, 0) is 12.1 Å². The molecular weight excluding hydrogens is 296 g/mol. The number of H-pyrrole nitrogens is 1. The Morgan fingerprint density at radius 3 is 2.53 bits per heavy atom. The van der Waals surface area contributed by atoms with Gasteiger partial charge in [-0.2, -0.15) is 5.10 Å². The summed E-state index contributed by atoms with van der Waals surface area (Å²) in [6.07, 6.45) is 2.58. The second-order valence-corrected chi connectivity index (χ2v) is 4.10. The van der Waals surface area contributed by atoms with E-state index in [9.17, 15) is 13.6 Å². The standard InChI is InChI=1S/C10H6BrF2N3O/c11-6-1-7(12)9(8(13)2-6)16-10(17)5-3-14-15-4-5/h1-4H,(H,14,15)(H,16,17). The average molecular weight is 302 g/mol. The molecule has 0 fully saturated rings. The number of nitrogens with zero attached hydrogens (tertiary/aromatic N) is 1. The minimum Gasteiger partial charge on any atom is -0.317 e. The Morgan fingerprint density at radius 1 is 1.35 bits per heavy atom. The quantitative estimate of drug-likeness (QED) is 0.896. The SMILES string of the molecule is O=C(Nc1c(F)cc(Br)cc1F)c1cn[nH]c1. The van der Waals surface area contributed by atoms with Crippen LogP contribution in [-0.4, -0.2) is 16.1 Å². The summed E-state index contributed by atoms with van der Waals surface area (Å²) in [7, 11) is 0. The minimum atomic E-state index is -0.853. The highest BCUT2D eigenvalue weighted by Crippen LogP contribution is 2.24. The van der Waals surface area contributed by atoms with Gasteiger partial charge in [-0.1, -0.05) is 15.9 Å². The second kappa shape index (κ2) is 4.62. The Morgan fingerprint density at radius 2 is 2.00 bits per heavy atom. The lowest BCUT2D eigenvalue weighted by molar-refractivity contribution is 0.102. The molecule has 0 spiro atoms. The fourth-order valence-corrected chi connectivity index (χ4v) is 1.62. The number of hydrogen-bond acceptors (Lipinski definition) is 2. The smallest absolute Gasteiger partial charge is 0.258 e. The van der Waals surface area contributed by atoms with Gasteiger partial charge in [0, 0.05) is 10.7 Å². The first-order chi connectivity index (χ1) is 8.08. The van der Waals surface area contributed by atoms with E-state index in [-0.39, 0.29) is 10.0 Å². The number of aromatic amines is 1. The molecule has 17 heavy (non-hydrogen) atoms. The molecule has 0 aliphatic heterocycles. The first-order valence-corrected chi connectivity index (χ1v) is 5.32. The molecule has 1 heterocycles. The highest BCUT2D eigenvalue weighted by atomic mass is 79.9. The molecule has 0 radical (unpaired) electrons. The molecule has 2 aromatic rings. The summed E-state index contributed by atoms with van der Waals surface area (Å²) in [5.74, 6) is -2.35. The number of carbonyl (C=O) groups excluding carboxylic acids is 1. The molecule has 1 amide bonds. The Hall–Kier alpha value is -1.76. The van der Waals surface area contributed by atoms with Crippen LogP contribution in [0.25, 0.3) is 0 Å². The van der Waals surface area contributed by atoms with Gasteiger partial charge in [-0.25, -0.2) is 8.78 Å². The van der Waals surface area contributed by atoms with Crippen molar-refractivity contribution in [3.05, 3.63) is 46.2 Å². The Kier molecular flexibility index (Phi) is 3.19. The van der Waals surface area contributed by atoms with Gasteiger partial charge in [0.15, 0.2) is 11.6 Å². The van der Waals surface area contributed by atoms with E-state index in [4.69, 9.17) is 0 Å². The number of anilines is 1. The van der Waals surface area contributed by atoms with Crippen LogP contribution in [0.3, 0.4) is 0 Å². The van der Waals surface area contributed by atoms with E-state index in [1.54, 1.807) is 0 Å². The molecule has 1 aromatic heterocycles. The molecule has 7 heteroatoms. The third-order valence-corrected chi connectivity index (χ3v) is 2.46. The molecular formula is C10H6BrF2N3O. The molecule has 2 N–H and O–H groups in total. The number of amides is 1. The van der Waals surface area contributed by atoms with Gasteiger partial charge in [0.05, 0.1) is 11.8 Å². The number of hydrogen-bond donors (Lipinski definition) is 2. The van der Waals surface area contributed by atoms with Crippen molar-refractivity contribution in [3.63, 3.8) is 0 Å². The predicted molar refractivity (Wildman–Crippen MR) is 60.6 cm³/mol. The molecule has 0 atom stereocenters.